The van der Waals surface area contributed by atoms with E-state index in [2.05, 4.69) is 17.3 Å². The maximum Gasteiger partial charge on any atom is 0.262 e. The summed E-state index contributed by atoms with van der Waals surface area (Å²) in [6, 6.07) is 2.80. The summed E-state index contributed by atoms with van der Waals surface area (Å²) in [5.41, 5.74) is 3.32. The van der Waals surface area contributed by atoms with Crippen molar-refractivity contribution in [1.29, 1.82) is 0 Å². The van der Waals surface area contributed by atoms with E-state index < -0.39 is 23.8 Å². The highest BCUT2D eigenvalue weighted by Crippen LogP contribution is 2.45. The van der Waals surface area contributed by atoms with E-state index in [1.54, 1.807) is 0 Å². The van der Waals surface area contributed by atoms with Crippen molar-refractivity contribution < 1.29 is 19.2 Å². The topological polar surface area (TPSA) is 86.8 Å². The van der Waals surface area contributed by atoms with Gasteiger partial charge in [-0.1, -0.05) is 0 Å². The van der Waals surface area contributed by atoms with E-state index in [-0.39, 0.29) is 24.2 Å². The molecule has 26 heavy (non-hydrogen) atoms. The number of carbonyl (C=O) groups excluding carboxylic acids is 4. The lowest BCUT2D eigenvalue weighted by Gasteiger charge is -2.46. The number of rotatable bonds is 1. The van der Waals surface area contributed by atoms with Crippen LogP contribution < -0.4 is 5.32 Å². The number of carbonyl (C=O) groups is 4. The Morgan fingerprint density at radius 3 is 2.08 bits per heavy atom. The zero-order chi connectivity index (χ0) is 18.2. The third-order valence-electron chi connectivity index (χ3n) is 6.10. The molecule has 0 radical (unpaired) electrons. The summed E-state index contributed by atoms with van der Waals surface area (Å²) in [5, 5.41) is 2.22. The first kappa shape index (κ1) is 15.7. The minimum Gasteiger partial charge on any atom is -0.305 e. The van der Waals surface area contributed by atoms with Gasteiger partial charge in [0.2, 0.25) is 11.8 Å². The third-order valence-corrected chi connectivity index (χ3v) is 6.10. The Balaban J connectivity index is 1.46. The highest BCUT2D eigenvalue weighted by molar-refractivity contribution is 6.23. The van der Waals surface area contributed by atoms with Crippen molar-refractivity contribution in [1.82, 2.24) is 15.1 Å². The molecule has 7 nitrogen and oxygen atoms in total. The lowest BCUT2D eigenvalue weighted by molar-refractivity contribution is -0.136. The first-order valence-electron chi connectivity index (χ1n) is 8.93. The highest BCUT2D eigenvalue weighted by Gasteiger charge is 2.49. The fourth-order valence-corrected chi connectivity index (χ4v) is 5.13. The Labute approximate surface area is 150 Å². The summed E-state index contributed by atoms with van der Waals surface area (Å²) in [4.78, 5) is 52.5. The number of nitrogens with zero attached hydrogens (tertiary/aromatic N) is 2. The number of imide groups is 2. The third kappa shape index (κ3) is 2.03. The van der Waals surface area contributed by atoms with Gasteiger partial charge in [0.1, 0.15) is 6.04 Å². The molecule has 1 unspecified atom stereocenters. The van der Waals surface area contributed by atoms with Gasteiger partial charge in [0.05, 0.1) is 11.1 Å². The summed E-state index contributed by atoms with van der Waals surface area (Å²) >= 11 is 0. The first-order valence-corrected chi connectivity index (χ1v) is 8.93. The molecular weight excluding hydrogens is 334 g/mol. The van der Waals surface area contributed by atoms with Crippen LogP contribution in [0.15, 0.2) is 12.1 Å². The molecule has 1 atom stereocenters. The molecule has 4 aliphatic rings. The number of amides is 4. The Hall–Kier alpha value is -2.54. The standard InChI is InChI=1S/C19H19N3O4/c1-21-8-19(9-21)6-10-4-12-13(5-11(10)7-19)18(26)22(17(12)25)14-2-3-15(23)20-16(14)24/h4-5,14H,2-3,6-9H2,1H3,(H,20,23,24). The van der Waals surface area contributed by atoms with Crippen LogP contribution in [0.3, 0.4) is 0 Å². The van der Waals surface area contributed by atoms with Crippen molar-refractivity contribution in [2.45, 2.75) is 31.7 Å². The Morgan fingerprint density at radius 2 is 1.58 bits per heavy atom. The van der Waals surface area contributed by atoms with Gasteiger partial charge in [0.15, 0.2) is 0 Å². The minimum absolute atomic E-state index is 0.135. The van der Waals surface area contributed by atoms with Crippen molar-refractivity contribution in [2.75, 3.05) is 20.1 Å². The van der Waals surface area contributed by atoms with E-state index in [4.69, 9.17) is 0 Å². The zero-order valence-electron chi connectivity index (χ0n) is 14.5. The second-order valence-corrected chi connectivity index (χ2v) is 8.14. The molecule has 5 rings (SSSR count). The zero-order valence-corrected chi connectivity index (χ0v) is 14.5. The average Bonchev–Trinajstić information content (AvgIpc) is 3.03. The van der Waals surface area contributed by atoms with Gasteiger partial charge >= 0.3 is 0 Å². The molecule has 0 aromatic heterocycles. The number of fused-ring (bicyclic) bond motifs is 2. The van der Waals surface area contributed by atoms with Crippen LogP contribution in [0.5, 0.6) is 0 Å². The van der Waals surface area contributed by atoms with Crippen molar-refractivity contribution in [2.24, 2.45) is 5.41 Å². The molecule has 1 aromatic carbocycles. The second-order valence-electron chi connectivity index (χ2n) is 8.14. The molecule has 0 bridgehead atoms. The monoisotopic (exact) mass is 353 g/mol. The second kappa shape index (κ2) is 5.01. The molecule has 4 amide bonds. The first-order chi connectivity index (χ1) is 12.4. The Kier molecular flexibility index (Phi) is 3.02. The number of piperidine rings is 1. The average molecular weight is 353 g/mol. The molecule has 134 valence electrons. The minimum atomic E-state index is -0.901. The number of hydrogen-bond acceptors (Lipinski definition) is 5. The summed E-state index contributed by atoms with van der Waals surface area (Å²) < 4.78 is 0. The van der Waals surface area contributed by atoms with Crippen LogP contribution in [0.2, 0.25) is 0 Å². The van der Waals surface area contributed by atoms with Gasteiger partial charge in [-0.05, 0) is 49.6 Å². The summed E-state index contributed by atoms with van der Waals surface area (Å²) in [6.07, 6.45) is 2.18. The normalized spacial score (nSPS) is 26.8. The van der Waals surface area contributed by atoms with Crippen LogP contribution in [-0.2, 0) is 22.4 Å². The fraction of sp³-hybridized carbons (Fsp3) is 0.474. The molecule has 1 spiro atoms. The van der Waals surface area contributed by atoms with Crippen molar-refractivity contribution in [3.63, 3.8) is 0 Å². The fourth-order valence-electron chi connectivity index (χ4n) is 5.13. The SMILES string of the molecule is CN1CC2(Cc3cc4c(cc3C2)C(=O)N(C2CCC(=O)NC2=O)C4=O)C1. The van der Waals surface area contributed by atoms with Gasteiger partial charge in [-0.25, -0.2) is 0 Å². The van der Waals surface area contributed by atoms with E-state index in [1.165, 1.54) is 0 Å². The molecule has 1 aliphatic carbocycles. The van der Waals surface area contributed by atoms with E-state index in [0.29, 0.717) is 11.1 Å². The molecule has 3 heterocycles. The van der Waals surface area contributed by atoms with Crippen molar-refractivity contribution in [3.05, 3.63) is 34.4 Å². The Morgan fingerprint density at radius 1 is 1.00 bits per heavy atom. The summed E-state index contributed by atoms with van der Waals surface area (Å²) in [7, 11) is 2.10. The molecular formula is C19H19N3O4. The predicted octanol–water partition coefficient (Wildman–Crippen LogP) is 0.118. The molecule has 7 heteroatoms. The molecule has 2 fully saturated rings. The maximum absolute atomic E-state index is 12.9. The summed E-state index contributed by atoms with van der Waals surface area (Å²) in [5.74, 6) is -1.78. The van der Waals surface area contributed by atoms with E-state index in [0.717, 1.165) is 42.0 Å². The van der Waals surface area contributed by atoms with E-state index in [9.17, 15) is 19.2 Å². The number of benzene rings is 1. The number of likely N-dealkylation sites (tertiary alicyclic amines) is 1. The van der Waals surface area contributed by atoms with Crippen LogP contribution in [-0.4, -0.2) is 59.6 Å². The van der Waals surface area contributed by atoms with Gasteiger partial charge < -0.3 is 4.90 Å². The molecule has 0 saturated carbocycles. The van der Waals surface area contributed by atoms with Crippen molar-refractivity contribution >= 4 is 23.6 Å². The van der Waals surface area contributed by atoms with E-state index in [1.807, 2.05) is 12.1 Å². The van der Waals surface area contributed by atoms with Gasteiger partial charge in [0.25, 0.3) is 11.8 Å². The van der Waals surface area contributed by atoms with Crippen LogP contribution in [0.25, 0.3) is 0 Å². The highest BCUT2D eigenvalue weighted by atomic mass is 16.2. The summed E-state index contributed by atoms with van der Waals surface area (Å²) in [6.45, 7) is 2.08. The van der Waals surface area contributed by atoms with Gasteiger partial charge in [-0.2, -0.15) is 0 Å². The predicted molar refractivity (Wildman–Crippen MR) is 90.5 cm³/mol. The quantitative estimate of drug-likeness (QED) is 0.725. The Bertz CT molecular complexity index is 853. The van der Waals surface area contributed by atoms with Gasteiger partial charge in [-0.3, -0.25) is 29.4 Å². The number of nitrogens with one attached hydrogen (secondary N) is 1. The van der Waals surface area contributed by atoms with Crippen LogP contribution in [0.4, 0.5) is 0 Å². The van der Waals surface area contributed by atoms with Gasteiger partial charge in [0, 0.05) is 24.9 Å². The van der Waals surface area contributed by atoms with Crippen molar-refractivity contribution in [3.8, 4) is 0 Å². The van der Waals surface area contributed by atoms with Gasteiger partial charge in [-0.15, -0.1) is 0 Å². The lowest BCUT2D eigenvalue weighted by Crippen LogP contribution is -2.54. The van der Waals surface area contributed by atoms with Crippen LogP contribution in [0, 0.1) is 5.41 Å². The van der Waals surface area contributed by atoms with E-state index >= 15 is 0 Å². The van der Waals surface area contributed by atoms with Crippen LogP contribution in [0.1, 0.15) is 44.7 Å². The molecule has 1 N–H and O–H groups in total. The molecule has 1 aromatic rings. The molecule has 2 saturated heterocycles. The smallest absolute Gasteiger partial charge is 0.262 e. The number of hydrogen-bond donors (Lipinski definition) is 1. The maximum atomic E-state index is 12.9. The molecule has 3 aliphatic heterocycles. The lowest BCUT2D eigenvalue weighted by atomic mass is 9.77. The largest absolute Gasteiger partial charge is 0.305 e. The van der Waals surface area contributed by atoms with Crippen LogP contribution >= 0.6 is 0 Å².